The average Bonchev–Trinajstić information content (AvgIpc) is 2.95. The molecule has 2 N–H and O–H groups in total. The van der Waals surface area contributed by atoms with Crippen molar-refractivity contribution in [1.29, 1.82) is 0 Å². The van der Waals surface area contributed by atoms with Crippen molar-refractivity contribution in [3.05, 3.63) is 35.4 Å². The summed E-state index contributed by atoms with van der Waals surface area (Å²) in [6.07, 6.45) is 11.8. The van der Waals surface area contributed by atoms with E-state index in [2.05, 4.69) is 73.6 Å². The average molecular weight is 602 g/mol. The molecule has 4 nitrogen and oxygen atoms in total. The number of hydrogen-bond acceptors (Lipinski definition) is 4. The first-order valence-corrected chi connectivity index (χ1v) is 17.9. The van der Waals surface area contributed by atoms with Crippen LogP contribution < -0.4 is 5.73 Å². The highest BCUT2D eigenvalue weighted by atomic mass is 16.5. The lowest BCUT2D eigenvalue weighted by atomic mass is 9.32. The van der Waals surface area contributed by atoms with Crippen molar-refractivity contribution >= 4 is 23.0 Å². The second-order valence-electron chi connectivity index (χ2n) is 17.8. The van der Waals surface area contributed by atoms with Crippen molar-refractivity contribution in [3.8, 4) is 0 Å². The number of ketones is 1. The predicted molar refractivity (Wildman–Crippen MR) is 180 cm³/mol. The van der Waals surface area contributed by atoms with Crippen LogP contribution in [0.5, 0.6) is 0 Å². The number of carbonyl (C=O) groups is 2. The van der Waals surface area contributed by atoms with E-state index in [-0.39, 0.29) is 39.0 Å². The van der Waals surface area contributed by atoms with E-state index < -0.39 is 5.41 Å². The maximum absolute atomic E-state index is 14.3. The SMILES string of the molecule is CCCCOC(=O)[C@]12CCC(C)(C)C[C@H]1C1=C(c3cccc(N)c3)CC3[C@@]4(C)CCC(=O)C(C)(C)[C@@H]4CC[C@@]3(C)[C@]1(C)CC2. The van der Waals surface area contributed by atoms with Crippen molar-refractivity contribution in [2.45, 2.75) is 132 Å². The molecule has 5 aliphatic rings. The van der Waals surface area contributed by atoms with Crippen LogP contribution >= 0.6 is 0 Å². The van der Waals surface area contributed by atoms with Crippen LogP contribution in [0.25, 0.3) is 5.57 Å². The van der Waals surface area contributed by atoms with Crippen LogP contribution in [0.3, 0.4) is 0 Å². The number of nitrogen functional groups attached to an aromatic ring is 1. The van der Waals surface area contributed by atoms with Gasteiger partial charge in [0.1, 0.15) is 5.78 Å². The first kappa shape index (κ1) is 31.9. The van der Waals surface area contributed by atoms with Crippen LogP contribution in [0, 0.1) is 50.2 Å². The number of anilines is 1. The van der Waals surface area contributed by atoms with Crippen LogP contribution in [0.2, 0.25) is 0 Å². The third-order valence-electron chi connectivity index (χ3n) is 14.8. The van der Waals surface area contributed by atoms with Crippen molar-refractivity contribution < 1.29 is 14.3 Å². The van der Waals surface area contributed by atoms with E-state index >= 15 is 0 Å². The molecule has 0 aliphatic heterocycles. The zero-order valence-electron chi connectivity index (χ0n) is 29.0. The number of esters is 1. The third-order valence-corrected chi connectivity index (χ3v) is 14.8. The van der Waals surface area contributed by atoms with Gasteiger partial charge < -0.3 is 10.5 Å². The monoisotopic (exact) mass is 601 g/mol. The van der Waals surface area contributed by atoms with E-state index in [1.165, 1.54) is 11.1 Å². The topological polar surface area (TPSA) is 69.4 Å². The number of allylic oxidation sites excluding steroid dienone is 2. The fourth-order valence-electron chi connectivity index (χ4n) is 12.0. The molecule has 4 saturated carbocycles. The van der Waals surface area contributed by atoms with Gasteiger partial charge in [0, 0.05) is 17.5 Å². The van der Waals surface area contributed by atoms with E-state index in [1.54, 1.807) is 5.57 Å². The van der Waals surface area contributed by atoms with Crippen molar-refractivity contribution in [3.63, 3.8) is 0 Å². The van der Waals surface area contributed by atoms with Gasteiger partial charge in [-0.05, 0) is 127 Å². The molecular formula is C40H59NO3. The minimum absolute atomic E-state index is 0.0410. The van der Waals surface area contributed by atoms with Crippen LogP contribution in [-0.2, 0) is 14.3 Å². The molecule has 7 atom stereocenters. The molecule has 242 valence electrons. The molecule has 4 fully saturated rings. The standard InChI is InChI=1S/C40H59NO3/c1-9-10-22-44-34(43)40-20-18-35(2,3)25-29(40)33-28(26-12-11-13-27(41)23-26)24-31-37(6)16-15-32(42)36(4,5)30(37)14-17-38(31,7)39(33,8)19-21-40/h11-13,23,29-31H,9-10,14-22,24-25,41H2,1-8H3/t29-,30-,31?,37-,38+,39+,40-/m0/s1. The Bertz CT molecular complexity index is 1370. The Kier molecular flexibility index (Phi) is 7.57. The number of ether oxygens (including phenoxy) is 1. The van der Waals surface area contributed by atoms with Gasteiger partial charge in [-0.25, -0.2) is 0 Å². The van der Waals surface area contributed by atoms with E-state index in [1.807, 2.05) is 6.07 Å². The number of fused-ring (bicyclic) bond motifs is 7. The van der Waals surface area contributed by atoms with E-state index in [0.717, 1.165) is 76.3 Å². The first-order chi connectivity index (χ1) is 20.6. The number of Topliss-reactive ketones (excluding diaryl/α,β-unsaturated/α-hetero) is 1. The van der Waals surface area contributed by atoms with Gasteiger partial charge in [0.2, 0.25) is 0 Å². The molecule has 0 saturated heterocycles. The van der Waals surface area contributed by atoms with E-state index in [4.69, 9.17) is 10.5 Å². The molecular weight excluding hydrogens is 542 g/mol. The number of nitrogens with two attached hydrogens (primary N) is 1. The van der Waals surface area contributed by atoms with Gasteiger partial charge in [-0.2, -0.15) is 0 Å². The van der Waals surface area contributed by atoms with Crippen LogP contribution in [0.1, 0.15) is 138 Å². The summed E-state index contributed by atoms with van der Waals surface area (Å²) in [5, 5.41) is 0. The summed E-state index contributed by atoms with van der Waals surface area (Å²) in [7, 11) is 0. The van der Waals surface area contributed by atoms with E-state index in [9.17, 15) is 9.59 Å². The van der Waals surface area contributed by atoms with Crippen molar-refractivity contribution in [2.24, 2.45) is 50.2 Å². The highest BCUT2D eigenvalue weighted by Gasteiger charge is 2.70. The fourth-order valence-corrected chi connectivity index (χ4v) is 12.0. The molecule has 0 bridgehead atoms. The van der Waals surface area contributed by atoms with Crippen molar-refractivity contribution in [2.75, 3.05) is 12.3 Å². The van der Waals surface area contributed by atoms with E-state index in [0.29, 0.717) is 30.6 Å². The van der Waals surface area contributed by atoms with Gasteiger partial charge in [-0.15, -0.1) is 0 Å². The maximum Gasteiger partial charge on any atom is 0.312 e. The Balaban J connectivity index is 1.57. The molecule has 0 radical (unpaired) electrons. The Morgan fingerprint density at radius 2 is 1.68 bits per heavy atom. The van der Waals surface area contributed by atoms with Gasteiger partial charge in [-0.1, -0.05) is 79.5 Å². The summed E-state index contributed by atoms with van der Waals surface area (Å²) in [6, 6.07) is 8.56. The van der Waals surface area contributed by atoms with Gasteiger partial charge in [0.15, 0.2) is 0 Å². The summed E-state index contributed by atoms with van der Waals surface area (Å²) < 4.78 is 6.16. The highest BCUT2D eigenvalue weighted by Crippen LogP contribution is 2.77. The van der Waals surface area contributed by atoms with Gasteiger partial charge in [0.25, 0.3) is 0 Å². The Hall–Kier alpha value is -2.10. The van der Waals surface area contributed by atoms with Crippen LogP contribution in [0.4, 0.5) is 5.69 Å². The molecule has 1 unspecified atom stereocenters. The lowest BCUT2D eigenvalue weighted by molar-refractivity contribution is -0.190. The number of carbonyl (C=O) groups excluding carboxylic acids is 2. The van der Waals surface area contributed by atoms with Crippen LogP contribution in [0.15, 0.2) is 29.8 Å². The minimum atomic E-state index is -0.451. The molecule has 0 heterocycles. The molecule has 1 aromatic rings. The summed E-state index contributed by atoms with van der Waals surface area (Å²) in [5.41, 5.74) is 11.1. The zero-order valence-corrected chi connectivity index (χ0v) is 29.0. The van der Waals surface area contributed by atoms with Gasteiger partial charge in [-0.3, -0.25) is 9.59 Å². The molecule has 5 aliphatic carbocycles. The quantitative estimate of drug-likeness (QED) is 0.207. The normalized spacial score (nSPS) is 40.7. The molecule has 0 amide bonds. The number of hydrogen-bond donors (Lipinski definition) is 1. The third kappa shape index (κ3) is 4.42. The lowest BCUT2D eigenvalue weighted by Gasteiger charge is -2.71. The summed E-state index contributed by atoms with van der Waals surface area (Å²) in [5.74, 6) is 1.54. The predicted octanol–water partition coefficient (Wildman–Crippen LogP) is 9.81. The second-order valence-corrected chi connectivity index (χ2v) is 17.8. The molecule has 4 heteroatoms. The molecule has 44 heavy (non-hydrogen) atoms. The lowest BCUT2D eigenvalue weighted by Crippen LogP contribution is -2.65. The summed E-state index contributed by atoms with van der Waals surface area (Å²) in [6.45, 7) is 19.7. The second kappa shape index (κ2) is 10.5. The number of benzene rings is 1. The van der Waals surface area contributed by atoms with Crippen molar-refractivity contribution in [1.82, 2.24) is 0 Å². The minimum Gasteiger partial charge on any atom is -0.465 e. The Morgan fingerprint density at radius 1 is 0.955 bits per heavy atom. The fraction of sp³-hybridized carbons (Fsp3) is 0.750. The number of unbranched alkanes of at least 4 members (excludes halogenated alkanes) is 1. The largest absolute Gasteiger partial charge is 0.465 e. The first-order valence-electron chi connectivity index (χ1n) is 17.9. The zero-order chi connectivity index (χ0) is 31.9. The molecule has 0 spiro atoms. The van der Waals surface area contributed by atoms with Gasteiger partial charge in [0.05, 0.1) is 12.0 Å². The summed E-state index contributed by atoms with van der Waals surface area (Å²) in [4.78, 5) is 27.6. The highest BCUT2D eigenvalue weighted by molar-refractivity contribution is 5.86. The molecule has 1 aromatic carbocycles. The maximum atomic E-state index is 14.3. The Morgan fingerprint density at radius 3 is 2.39 bits per heavy atom. The molecule has 6 rings (SSSR count). The summed E-state index contributed by atoms with van der Waals surface area (Å²) >= 11 is 0. The van der Waals surface area contributed by atoms with Gasteiger partial charge >= 0.3 is 5.97 Å². The number of rotatable bonds is 5. The smallest absolute Gasteiger partial charge is 0.312 e. The Labute approximate surface area is 267 Å². The van der Waals surface area contributed by atoms with Crippen LogP contribution in [-0.4, -0.2) is 18.4 Å². The molecule has 0 aromatic heterocycles.